The molecule has 2 aromatic carbocycles. The van der Waals surface area contributed by atoms with Crippen molar-refractivity contribution in [2.75, 3.05) is 12.4 Å². The van der Waals surface area contributed by atoms with E-state index >= 15 is 0 Å². The van der Waals surface area contributed by atoms with Crippen LogP contribution in [0.15, 0.2) is 42.5 Å². The highest BCUT2D eigenvalue weighted by molar-refractivity contribution is 5.95. The SMILES string of the molecule is COc1cc([N+](=O)[O-])ccc1NC(=O)[C@@H](C)Oc1cccc(C(F)(F)F)c1. The number of amides is 1. The monoisotopic (exact) mass is 384 g/mol. The zero-order valence-corrected chi connectivity index (χ0v) is 14.2. The molecular formula is C17H15F3N2O5. The average molecular weight is 384 g/mol. The standard InChI is InChI=1S/C17H15F3N2O5/c1-10(27-13-5-3-4-11(8-13)17(18,19)20)16(23)21-14-7-6-12(22(24)25)9-15(14)26-2/h3-10H,1-2H3,(H,21,23)/t10-/m1/s1. The molecule has 0 bridgehead atoms. The van der Waals surface area contributed by atoms with E-state index in [0.717, 1.165) is 18.2 Å². The molecule has 0 spiro atoms. The van der Waals surface area contributed by atoms with E-state index in [2.05, 4.69) is 5.32 Å². The highest BCUT2D eigenvalue weighted by Gasteiger charge is 2.31. The number of rotatable bonds is 6. The lowest BCUT2D eigenvalue weighted by Crippen LogP contribution is -2.30. The van der Waals surface area contributed by atoms with Crippen LogP contribution in [-0.4, -0.2) is 24.0 Å². The Kier molecular flexibility index (Phi) is 5.88. The fourth-order valence-electron chi connectivity index (χ4n) is 2.13. The predicted molar refractivity (Wildman–Crippen MR) is 89.8 cm³/mol. The molecule has 7 nitrogen and oxygen atoms in total. The molecule has 1 amide bonds. The molecule has 0 heterocycles. The lowest BCUT2D eigenvalue weighted by molar-refractivity contribution is -0.384. The zero-order chi connectivity index (χ0) is 20.2. The quantitative estimate of drug-likeness (QED) is 0.600. The van der Waals surface area contributed by atoms with E-state index in [0.29, 0.717) is 0 Å². The van der Waals surface area contributed by atoms with Crippen LogP contribution in [0.3, 0.4) is 0 Å². The molecule has 10 heteroatoms. The maximum Gasteiger partial charge on any atom is 0.416 e. The minimum Gasteiger partial charge on any atom is -0.494 e. The van der Waals surface area contributed by atoms with Crippen LogP contribution < -0.4 is 14.8 Å². The molecule has 0 saturated heterocycles. The molecule has 2 aromatic rings. The van der Waals surface area contributed by atoms with Gasteiger partial charge in [0.05, 0.1) is 29.4 Å². The molecule has 2 rings (SSSR count). The molecule has 0 aliphatic rings. The van der Waals surface area contributed by atoms with Gasteiger partial charge in [-0.2, -0.15) is 13.2 Å². The van der Waals surface area contributed by atoms with E-state index in [1.165, 1.54) is 38.3 Å². The van der Waals surface area contributed by atoms with Gasteiger partial charge in [0.25, 0.3) is 11.6 Å². The van der Waals surface area contributed by atoms with E-state index < -0.39 is 28.7 Å². The number of nitrogens with zero attached hydrogens (tertiary/aromatic N) is 1. The molecule has 0 unspecified atom stereocenters. The third-order valence-electron chi connectivity index (χ3n) is 3.50. The molecule has 144 valence electrons. The summed E-state index contributed by atoms with van der Waals surface area (Å²) in [7, 11) is 1.28. The number of hydrogen-bond donors (Lipinski definition) is 1. The fraction of sp³-hybridized carbons (Fsp3) is 0.235. The van der Waals surface area contributed by atoms with Crippen molar-refractivity contribution in [2.45, 2.75) is 19.2 Å². The van der Waals surface area contributed by atoms with E-state index in [9.17, 15) is 28.1 Å². The minimum atomic E-state index is -4.53. The van der Waals surface area contributed by atoms with Crippen molar-refractivity contribution in [1.82, 2.24) is 0 Å². The normalized spacial score (nSPS) is 12.2. The van der Waals surface area contributed by atoms with Gasteiger partial charge in [-0.25, -0.2) is 0 Å². The van der Waals surface area contributed by atoms with Gasteiger partial charge in [0, 0.05) is 6.07 Å². The summed E-state index contributed by atoms with van der Waals surface area (Å²) in [5.74, 6) is -0.730. The van der Waals surface area contributed by atoms with E-state index in [4.69, 9.17) is 9.47 Å². The Bertz CT molecular complexity index is 855. The number of hydrogen-bond acceptors (Lipinski definition) is 5. The van der Waals surface area contributed by atoms with Gasteiger partial charge in [-0.05, 0) is 31.2 Å². The number of methoxy groups -OCH3 is 1. The highest BCUT2D eigenvalue weighted by atomic mass is 19.4. The molecule has 0 aliphatic heterocycles. The van der Waals surface area contributed by atoms with Crippen molar-refractivity contribution in [1.29, 1.82) is 0 Å². The first kappa shape index (κ1) is 20.0. The van der Waals surface area contributed by atoms with Crippen molar-refractivity contribution in [2.24, 2.45) is 0 Å². The fourth-order valence-corrected chi connectivity index (χ4v) is 2.13. The van der Waals surface area contributed by atoms with Gasteiger partial charge in [0.1, 0.15) is 11.5 Å². The topological polar surface area (TPSA) is 90.7 Å². The van der Waals surface area contributed by atoms with Gasteiger partial charge in [-0.1, -0.05) is 6.07 Å². The number of nitro benzene ring substituents is 1. The molecule has 0 fully saturated rings. The second-order valence-corrected chi connectivity index (χ2v) is 5.42. The molecule has 0 aliphatic carbocycles. The summed E-state index contributed by atoms with van der Waals surface area (Å²) >= 11 is 0. The third kappa shape index (κ3) is 5.09. The maximum atomic E-state index is 12.7. The Morgan fingerprint density at radius 2 is 1.93 bits per heavy atom. The lowest BCUT2D eigenvalue weighted by Gasteiger charge is -2.17. The number of ether oxygens (including phenoxy) is 2. The number of anilines is 1. The summed E-state index contributed by atoms with van der Waals surface area (Å²) in [4.78, 5) is 22.4. The molecule has 0 aromatic heterocycles. The maximum absolute atomic E-state index is 12.7. The van der Waals surface area contributed by atoms with Gasteiger partial charge >= 0.3 is 6.18 Å². The number of halogens is 3. The van der Waals surface area contributed by atoms with Crippen LogP contribution in [0.25, 0.3) is 0 Å². The second-order valence-electron chi connectivity index (χ2n) is 5.42. The number of alkyl halides is 3. The Hall–Kier alpha value is -3.30. The Labute approximate surface area is 151 Å². The van der Waals surface area contributed by atoms with E-state index in [-0.39, 0.29) is 22.9 Å². The molecule has 0 saturated carbocycles. The van der Waals surface area contributed by atoms with Gasteiger partial charge in [-0.15, -0.1) is 0 Å². The molecule has 27 heavy (non-hydrogen) atoms. The summed E-state index contributed by atoms with van der Waals surface area (Å²) < 4.78 is 48.4. The smallest absolute Gasteiger partial charge is 0.416 e. The molecular weight excluding hydrogens is 369 g/mol. The Morgan fingerprint density at radius 3 is 2.52 bits per heavy atom. The highest BCUT2D eigenvalue weighted by Crippen LogP contribution is 2.32. The Balaban J connectivity index is 2.11. The zero-order valence-electron chi connectivity index (χ0n) is 14.2. The largest absolute Gasteiger partial charge is 0.494 e. The van der Waals surface area contributed by atoms with Crippen LogP contribution in [0.5, 0.6) is 11.5 Å². The number of carbonyl (C=O) groups excluding carboxylic acids is 1. The van der Waals surface area contributed by atoms with Crippen molar-refractivity contribution >= 4 is 17.3 Å². The van der Waals surface area contributed by atoms with Crippen LogP contribution in [0.2, 0.25) is 0 Å². The third-order valence-corrected chi connectivity index (χ3v) is 3.50. The van der Waals surface area contributed by atoms with E-state index in [1.807, 2.05) is 0 Å². The summed E-state index contributed by atoms with van der Waals surface area (Å²) in [5, 5.41) is 13.2. The van der Waals surface area contributed by atoms with Gasteiger partial charge in [-0.3, -0.25) is 14.9 Å². The molecule has 1 N–H and O–H groups in total. The molecule has 1 atom stereocenters. The first-order valence-corrected chi connectivity index (χ1v) is 7.59. The molecule has 0 radical (unpaired) electrons. The lowest BCUT2D eigenvalue weighted by atomic mass is 10.2. The van der Waals surface area contributed by atoms with Crippen LogP contribution in [0, 0.1) is 10.1 Å². The van der Waals surface area contributed by atoms with Crippen LogP contribution in [-0.2, 0) is 11.0 Å². The minimum absolute atomic E-state index is 0.0591. The van der Waals surface area contributed by atoms with Crippen LogP contribution in [0.1, 0.15) is 12.5 Å². The predicted octanol–water partition coefficient (Wildman–Crippen LogP) is 4.03. The average Bonchev–Trinajstić information content (AvgIpc) is 2.61. The number of benzene rings is 2. The first-order valence-electron chi connectivity index (χ1n) is 7.59. The van der Waals surface area contributed by atoms with Crippen molar-refractivity contribution in [3.05, 3.63) is 58.1 Å². The van der Waals surface area contributed by atoms with Crippen molar-refractivity contribution in [3.63, 3.8) is 0 Å². The van der Waals surface area contributed by atoms with Crippen molar-refractivity contribution < 1.29 is 32.4 Å². The van der Waals surface area contributed by atoms with Gasteiger partial charge in [0.2, 0.25) is 0 Å². The van der Waals surface area contributed by atoms with Crippen molar-refractivity contribution in [3.8, 4) is 11.5 Å². The Morgan fingerprint density at radius 1 is 1.22 bits per heavy atom. The number of nitrogens with one attached hydrogen (secondary N) is 1. The van der Waals surface area contributed by atoms with Crippen LogP contribution >= 0.6 is 0 Å². The number of carbonyl (C=O) groups is 1. The summed E-state index contributed by atoms with van der Waals surface area (Å²) in [6.45, 7) is 1.35. The second kappa shape index (κ2) is 7.94. The summed E-state index contributed by atoms with van der Waals surface area (Å²) in [6, 6.07) is 7.74. The number of nitro groups is 1. The van der Waals surface area contributed by atoms with Crippen LogP contribution in [0.4, 0.5) is 24.5 Å². The summed E-state index contributed by atoms with van der Waals surface area (Å²) in [5.41, 5.74) is -0.963. The first-order chi connectivity index (χ1) is 12.6. The van der Waals surface area contributed by atoms with Gasteiger partial charge in [0.15, 0.2) is 6.10 Å². The summed E-state index contributed by atoms with van der Waals surface area (Å²) in [6.07, 6.45) is -5.66. The number of non-ortho nitro benzene ring substituents is 1. The van der Waals surface area contributed by atoms with E-state index in [1.54, 1.807) is 0 Å². The van der Waals surface area contributed by atoms with Gasteiger partial charge < -0.3 is 14.8 Å².